The van der Waals surface area contributed by atoms with E-state index in [0.717, 1.165) is 52.2 Å². The Morgan fingerprint density at radius 1 is 0.589 bits per heavy atom. The average molecular weight is 971 g/mol. The van der Waals surface area contributed by atoms with E-state index in [0.29, 0.717) is 57.6 Å². The van der Waals surface area contributed by atoms with Crippen molar-refractivity contribution >= 4 is 40.8 Å². The van der Waals surface area contributed by atoms with E-state index in [2.05, 4.69) is 64.5 Å². The summed E-state index contributed by atoms with van der Waals surface area (Å²) in [4.78, 5) is 38.6. The molecule has 73 heavy (non-hydrogen) atoms. The lowest BCUT2D eigenvalue weighted by Crippen LogP contribution is -2.22. The fourth-order valence-electron chi connectivity index (χ4n) is 7.79. The number of benzene rings is 4. The molecule has 2 atom stereocenters. The number of hydrogen-bond acceptors (Lipinski definition) is 16. The van der Waals surface area contributed by atoms with Gasteiger partial charge in [-0.05, 0) is 75.9 Å². The molecule has 0 bridgehead atoms. The Morgan fingerprint density at radius 3 is 1.55 bits per heavy atom. The van der Waals surface area contributed by atoms with Crippen molar-refractivity contribution in [1.29, 1.82) is 10.5 Å². The van der Waals surface area contributed by atoms with E-state index in [-0.39, 0.29) is 12.1 Å². The van der Waals surface area contributed by atoms with Gasteiger partial charge in [0.25, 0.3) is 0 Å². The Balaban J connectivity index is 0.000000165. The maximum absolute atomic E-state index is 13.6. The second-order valence-electron chi connectivity index (χ2n) is 17.2. The van der Waals surface area contributed by atoms with Gasteiger partial charge in [0.15, 0.2) is 11.3 Å². The number of nitrogens with two attached hydrogens (primary N) is 1. The predicted molar refractivity (Wildman–Crippen MR) is 279 cm³/mol. The third kappa shape index (κ3) is 12.6. The minimum atomic E-state index is -0.782. The zero-order valence-electron chi connectivity index (χ0n) is 41.0. The van der Waals surface area contributed by atoms with E-state index in [1.165, 1.54) is 12.7 Å². The van der Waals surface area contributed by atoms with Crippen LogP contribution in [0.1, 0.15) is 47.5 Å². The SMILES string of the molecule is C[C@H](N)Cc1cccc(C#N)c1.Cc1cc(N(C)c2nc(-c3ccccc3)cc3ncnn23)nc(F)n1.Cc1cc(N(C)c2nc(-c3ccccc3)cc3ncnn23)nc(N[C@@H](C)Cc2cccc(C#N)c2)n1. The second-order valence-corrected chi connectivity index (χ2v) is 17.2. The van der Waals surface area contributed by atoms with Crippen LogP contribution in [0.5, 0.6) is 0 Å². The monoisotopic (exact) mass is 970 g/mol. The van der Waals surface area contributed by atoms with Gasteiger partial charge in [-0.3, -0.25) is 9.80 Å². The first-order valence-corrected chi connectivity index (χ1v) is 23.2. The highest BCUT2D eigenvalue weighted by molar-refractivity contribution is 5.69. The maximum atomic E-state index is 13.6. The topological polar surface area (TPSA) is 230 Å². The molecule has 0 amide bonds. The minimum Gasteiger partial charge on any atom is -0.351 e. The molecule has 19 heteroatoms. The van der Waals surface area contributed by atoms with Crippen LogP contribution in [-0.2, 0) is 12.8 Å². The summed E-state index contributed by atoms with van der Waals surface area (Å²) in [5.41, 5.74) is 15.4. The summed E-state index contributed by atoms with van der Waals surface area (Å²) in [5.74, 6) is 2.66. The molecule has 364 valence electrons. The van der Waals surface area contributed by atoms with Crippen molar-refractivity contribution in [3.8, 4) is 34.7 Å². The molecular weight excluding hydrogens is 920 g/mol. The maximum Gasteiger partial charge on any atom is 0.310 e. The van der Waals surface area contributed by atoms with Gasteiger partial charge < -0.3 is 11.1 Å². The van der Waals surface area contributed by atoms with Gasteiger partial charge >= 0.3 is 6.08 Å². The van der Waals surface area contributed by atoms with Crippen molar-refractivity contribution in [2.45, 2.75) is 52.6 Å². The van der Waals surface area contributed by atoms with E-state index in [1.54, 1.807) is 46.1 Å². The molecule has 3 N–H and O–H groups in total. The van der Waals surface area contributed by atoms with Crippen LogP contribution < -0.4 is 20.9 Å². The van der Waals surface area contributed by atoms with Crippen molar-refractivity contribution in [2.24, 2.45) is 5.73 Å². The van der Waals surface area contributed by atoms with Gasteiger partial charge in [-0.15, -0.1) is 0 Å². The molecular formula is C54H51FN18. The first-order chi connectivity index (χ1) is 35.3. The largest absolute Gasteiger partial charge is 0.351 e. The number of aryl methyl sites for hydroxylation is 2. The average Bonchev–Trinajstić information content (AvgIpc) is 4.09. The number of aromatic nitrogens is 12. The Kier molecular flexibility index (Phi) is 15.6. The van der Waals surface area contributed by atoms with Crippen molar-refractivity contribution in [3.63, 3.8) is 0 Å². The van der Waals surface area contributed by atoms with Crippen molar-refractivity contribution in [1.82, 2.24) is 59.1 Å². The fourth-order valence-corrected chi connectivity index (χ4v) is 7.79. The number of nitrogens with one attached hydrogen (secondary N) is 1. The second kappa shape index (κ2) is 22.9. The van der Waals surface area contributed by atoms with Crippen LogP contribution >= 0.6 is 0 Å². The van der Waals surface area contributed by atoms with Gasteiger partial charge in [0, 0.05) is 73.0 Å². The van der Waals surface area contributed by atoms with E-state index >= 15 is 0 Å². The highest BCUT2D eigenvalue weighted by Crippen LogP contribution is 2.28. The van der Waals surface area contributed by atoms with E-state index in [4.69, 9.17) is 26.2 Å². The summed E-state index contributed by atoms with van der Waals surface area (Å²) < 4.78 is 16.9. The quantitative estimate of drug-likeness (QED) is 0.109. The molecule has 0 aliphatic carbocycles. The zero-order valence-corrected chi connectivity index (χ0v) is 41.0. The molecule has 0 fully saturated rings. The van der Waals surface area contributed by atoms with Crippen molar-refractivity contribution < 1.29 is 4.39 Å². The van der Waals surface area contributed by atoms with Crippen molar-refractivity contribution in [2.75, 3.05) is 29.2 Å². The number of hydrogen-bond donors (Lipinski definition) is 2. The molecule has 6 aromatic heterocycles. The highest BCUT2D eigenvalue weighted by Gasteiger charge is 2.19. The third-order valence-electron chi connectivity index (χ3n) is 11.2. The smallest absolute Gasteiger partial charge is 0.310 e. The van der Waals surface area contributed by atoms with Crippen LogP contribution in [0.2, 0.25) is 0 Å². The predicted octanol–water partition coefficient (Wildman–Crippen LogP) is 8.82. The lowest BCUT2D eigenvalue weighted by atomic mass is 10.0. The van der Waals surface area contributed by atoms with Gasteiger partial charge in [0.2, 0.25) is 17.8 Å². The van der Waals surface area contributed by atoms with E-state index in [1.807, 2.05) is 141 Å². The van der Waals surface area contributed by atoms with Gasteiger partial charge in [-0.25, -0.2) is 29.9 Å². The Morgan fingerprint density at radius 2 is 1.07 bits per heavy atom. The normalized spacial score (nSPS) is 11.5. The summed E-state index contributed by atoms with van der Waals surface area (Å²) in [6.07, 6.45) is 3.75. The summed E-state index contributed by atoms with van der Waals surface area (Å²) in [6, 6.07) is 46.8. The number of nitrogens with zero attached hydrogens (tertiary/aromatic N) is 16. The van der Waals surface area contributed by atoms with Gasteiger partial charge in [0.05, 0.1) is 34.7 Å². The van der Waals surface area contributed by atoms with Crippen molar-refractivity contribution in [3.05, 3.63) is 186 Å². The van der Waals surface area contributed by atoms with Gasteiger partial charge in [-0.1, -0.05) is 84.9 Å². The zero-order chi connectivity index (χ0) is 51.4. The lowest BCUT2D eigenvalue weighted by molar-refractivity contribution is 0.535. The van der Waals surface area contributed by atoms with Crippen LogP contribution in [0.15, 0.2) is 146 Å². The molecule has 0 saturated carbocycles. The summed E-state index contributed by atoms with van der Waals surface area (Å²) in [5, 5.41) is 29.8. The van der Waals surface area contributed by atoms with E-state index < -0.39 is 6.08 Å². The summed E-state index contributed by atoms with van der Waals surface area (Å²) in [7, 11) is 3.65. The summed E-state index contributed by atoms with van der Waals surface area (Å²) >= 11 is 0. The Bertz CT molecular complexity index is 3550. The molecule has 0 unspecified atom stereocenters. The Labute approximate surface area is 421 Å². The van der Waals surface area contributed by atoms with E-state index in [9.17, 15) is 4.39 Å². The van der Waals surface area contributed by atoms with Gasteiger partial charge in [-0.2, -0.15) is 44.1 Å². The fraction of sp³-hybridized carbons (Fsp3) is 0.185. The molecule has 10 rings (SSSR count). The Hall–Kier alpha value is -9.59. The van der Waals surface area contributed by atoms with Crippen LogP contribution in [-0.4, -0.2) is 85.3 Å². The number of fused-ring (bicyclic) bond motifs is 2. The van der Waals surface area contributed by atoms with Crippen LogP contribution in [0, 0.1) is 42.6 Å². The molecule has 6 heterocycles. The highest BCUT2D eigenvalue weighted by atomic mass is 19.1. The minimum absolute atomic E-state index is 0.0560. The molecule has 10 aromatic rings. The summed E-state index contributed by atoms with van der Waals surface area (Å²) in [6.45, 7) is 7.67. The molecule has 18 nitrogen and oxygen atoms in total. The molecule has 0 spiro atoms. The number of nitriles is 2. The standard InChI is InChI=1S/C27H25N9.C17H14FN7.C10H12N2/c1-18(12-20-8-7-9-21(14-20)16-28)31-26-32-19(2)13-25(34-26)35(3)27-33-23(22-10-5-4-6-11-22)15-24-29-17-30-36(24)27;1-11-8-15(23-16(18)21-11)24(2)17-22-13(12-6-4-3-5-7-12)9-14-19-10-20-25(14)17;1-8(12)5-9-3-2-4-10(6-9)7-11/h4-11,13-15,17-18H,12H2,1-3H3,(H,31,32,34);3-10H,1-2H3;2-4,6,8H,5,12H2,1H3/t18-;;8-/m0.0/s1. The van der Waals surface area contributed by atoms with Gasteiger partial charge in [0.1, 0.15) is 24.3 Å². The molecule has 0 saturated heterocycles. The first kappa shape index (κ1) is 49.8. The first-order valence-electron chi connectivity index (χ1n) is 23.2. The molecule has 0 radical (unpaired) electrons. The number of rotatable bonds is 12. The molecule has 0 aliphatic rings. The molecule has 0 aliphatic heterocycles. The van der Waals surface area contributed by atoms with Crippen LogP contribution in [0.25, 0.3) is 33.8 Å². The lowest BCUT2D eigenvalue weighted by Gasteiger charge is -2.21. The van der Waals surface area contributed by atoms with Crippen LogP contribution in [0.3, 0.4) is 0 Å². The third-order valence-corrected chi connectivity index (χ3v) is 11.2. The molecule has 4 aromatic carbocycles. The van der Waals surface area contributed by atoms with Crippen LogP contribution in [0.4, 0.5) is 33.9 Å². The number of halogens is 1. The number of anilines is 5.